The fraction of sp³-hybridized carbons (Fsp3) is 0.625. The highest BCUT2D eigenvalue weighted by atomic mass is 19.4. The summed E-state index contributed by atoms with van der Waals surface area (Å²) in [7, 11) is 1.72. The first-order chi connectivity index (χ1) is 9.82. The zero-order chi connectivity index (χ0) is 15.6. The lowest BCUT2D eigenvalue weighted by Gasteiger charge is -2.29. The van der Waals surface area contributed by atoms with Crippen molar-refractivity contribution in [2.75, 3.05) is 11.9 Å². The highest BCUT2D eigenvalue weighted by molar-refractivity contribution is 5.56. The Labute approximate surface area is 124 Å². The molecule has 1 N–H and O–H groups in total. The number of rotatable bonds is 6. The van der Waals surface area contributed by atoms with E-state index in [1.807, 2.05) is 13.8 Å². The standard InChI is InChI=1S/C16H23F3N2/c1-4-11(2)21(3)15-8-5-12(10-20-13-6-7-13)9-14(15)16(17,18)19/h5,8-9,11,13,20H,4,6-7,10H2,1-3H3. The zero-order valence-electron chi connectivity index (χ0n) is 12.8. The summed E-state index contributed by atoms with van der Waals surface area (Å²) in [4.78, 5) is 1.71. The van der Waals surface area contributed by atoms with Crippen LogP contribution in [0.5, 0.6) is 0 Å². The minimum absolute atomic E-state index is 0.0709. The van der Waals surface area contributed by atoms with Crippen LogP contribution in [0.2, 0.25) is 0 Å². The minimum atomic E-state index is -4.33. The summed E-state index contributed by atoms with van der Waals surface area (Å²) in [5.41, 5.74) is 0.406. The molecule has 0 saturated heterocycles. The number of alkyl halides is 3. The molecule has 2 nitrogen and oxygen atoms in total. The highest BCUT2D eigenvalue weighted by Gasteiger charge is 2.35. The van der Waals surface area contributed by atoms with Crippen molar-refractivity contribution in [2.24, 2.45) is 0 Å². The first-order valence-corrected chi connectivity index (χ1v) is 7.49. The zero-order valence-corrected chi connectivity index (χ0v) is 12.8. The molecule has 0 bridgehead atoms. The predicted octanol–water partition coefficient (Wildman–Crippen LogP) is 4.19. The fourth-order valence-corrected chi connectivity index (χ4v) is 2.29. The maximum Gasteiger partial charge on any atom is 0.418 e. The molecule has 1 fully saturated rings. The number of hydrogen-bond acceptors (Lipinski definition) is 2. The van der Waals surface area contributed by atoms with Gasteiger partial charge in [-0.05, 0) is 43.9 Å². The second-order valence-corrected chi connectivity index (χ2v) is 5.87. The Morgan fingerprint density at radius 3 is 2.52 bits per heavy atom. The largest absolute Gasteiger partial charge is 0.418 e. The molecular weight excluding hydrogens is 277 g/mol. The molecular formula is C16H23F3N2. The van der Waals surface area contributed by atoms with Gasteiger partial charge in [-0.25, -0.2) is 0 Å². The predicted molar refractivity (Wildman–Crippen MR) is 79.5 cm³/mol. The van der Waals surface area contributed by atoms with Crippen molar-refractivity contribution < 1.29 is 13.2 Å². The van der Waals surface area contributed by atoms with Crippen LogP contribution >= 0.6 is 0 Å². The molecule has 1 saturated carbocycles. The van der Waals surface area contributed by atoms with Crippen molar-refractivity contribution in [3.8, 4) is 0 Å². The second kappa shape index (κ2) is 6.26. The van der Waals surface area contributed by atoms with Crippen LogP contribution in [0.3, 0.4) is 0 Å². The molecule has 1 atom stereocenters. The van der Waals surface area contributed by atoms with E-state index in [4.69, 9.17) is 0 Å². The Hall–Kier alpha value is -1.23. The van der Waals surface area contributed by atoms with Gasteiger partial charge in [0.15, 0.2) is 0 Å². The summed E-state index contributed by atoms with van der Waals surface area (Å²) in [6, 6.07) is 5.23. The number of nitrogens with one attached hydrogen (secondary N) is 1. The molecule has 1 unspecified atom stereocenters. The lowest BCUT2D eigenvalue weighted by atomic mass is 10.1. The van der Waals surface area contributed by atoms with E-state index in [0.717, 1.165) is 19.3 Å². The Bertz CT molecular complexity index is 481. The van der Waals surface area contributed by atoms with Crippen LogP contribution in [0.4, 0.5) is 18.9 Å². The van der Waals surface area contributed by atoms with Gasteiger partial charge in [0.2, 0.25) is 0 Å². The van der Waals surface area contributed by atoms with Crippen molar-refractivity contribution in [1.29, 1.82) is 0 Å². The fourth-order valence-electron chi connectivity index (χ4n) is 2.29. The van der Waals surface area contributed by atoms with Gasteiger partial charge in [-0.15, -0.1) is 0 Å². The van der Waals surface area contributed by atoms with Gasteiger partial charge < -0.3 is 10.2 Å². The highest BCUT2D eigenvalue weighted by Crippen LogP contribution is 2.37. The van der Waals surface area contributed by atoms with Crippen molar-refractivity contribution in [2.45, 2.75) is 57.9 Å². The first kappa shape index (κ1) is 16.1. The van der Waals surface area contributed by atoms with Gasteiger partial charge in [0, 0.05) is 31.4 Å². The van der Waals surface area contributed by atoms with Gasteiger partial charge in [-0.3, -0.25) is 0 Å². The monoisotopic (exact) mass is 300 g/mol. The normalized spacial score (nSPS) is 16.9. The Morgan fingerprint density at radius 1 is 1.33 bits per heavy atom. The van der Waals surface area contributed by atoms with Crippen LogP contribution in [0.1, 0.15) is 44.2 Å². The maximum atomic E-state index is 13.3. The van der Waals surface area contributed by atoms with E-state index < -0.39 is 11.7 Å². The molecule has 0 amide bonds. The van der Waals surface area contributed by atoms with Gasteiger partial charge in [0.25, 0.3) is 0 Å². The van der Waals surface area contributed by atoms with Crippen molar-refractivity contribution in [3.05, 3.63) is 29.3 Å². The van der Waals surface area contributed by atoms with Crippen molar-refractivity contribution >= 4 is 5.69 Å². The Morgan fingerprint density at radius 2 is 2.00 bits per heavy atom. The Balaban J connectivity index is 2.26. The van der Waals surface area contributed by atoms with Crippen molar-refractivity contribution in [1.82, 2.24) is 5.32 Å². The van der Waals surface area contributed by atoms with Gasteiger partial charge in [0.1, 0.15) is 0 Å². The molecule has 1 aromatic rings. The van der Waals surface area contributed by atoms with Crippen LogP contribution in [0, 0.1) is 0 Å². The molecule has 2 rings (SSSR count). The minimum Gasteiger partial charge on any atom is -0.371 e. The van der Waals surface area contributed by atoms with Gasteiger partial charge in [-0.2, -0.15) is 13.2 Å². The molecule has 0 radical (unpaired) electrons. The van der Waals surface area contributed by atoms with E-state index in [9.17, 15) is 13.2 Å². The van der Waals surface area contributed by atoms with E-state index in [2.05, 4.69) is 5.32 Å². The average Bonchev–Trinajstić information content (AvgIpc) is 3.26. The summed E-state index contributed by atoms with van der Waals surface area (Å²) in [5.74, 6) is 0. The third-order valence-corrected chi connectivity index (χ3v) is 4.17. The molecule has 1 aliphatic rings. The van der Waals surface area contributed by atoms with E-state index in [0.29, 0.717) is 18.2 Å². The molecule has 1 aliphatic carbocycles. The molecule has 0 heterocycles. The molecule has 5 heteroatoms. The number of benzene rings is 1. The number of hydrogen-bond donors (Lipinski definition) is 1. The SMILES string of the molecule is CCC(C)N(C)c1ccc(CNC2CC2)cc1C(F)(F)F. The van der Waals surface area contributed by atoms with Gasteiger partial charge >= 0.3 is 6.18 Å². The smallest absolute Gasteiger partial charge is 0.371 e. The molecule has 0 aromatic heterocycles. The number of nitrogens with zero attached hydrogens (tertiary/aromatic N) is 1. The number of anilines is 1. The maximum absolute atomic E-state index is 13.3. The van der Waals surface area contributed by atoms with E-state index in [1.54, 1.807) is 24.1 Å². The Kier molecular flexibility index (Phi) is 4.81. The third-order valence-electron chi connectivity index (χ3n) is 4.17. The lowest BCUT2D eigenvalue weighted by Crippen LogP contribution is -2.30. The van der Waals surface area contributed by atoms with Crippen LogP contribution in [0.15, 0.2) is 18.2 Å². The first-order valence-electron chi connectivity index (χ1n) is 7.49. The second-order valence-electron chi connectivity index (χ2n) is 5.87. The summed E-state index contributed by atoms with van der Waals surface area (Å²) < 4.78 is 40.0. The quantitative estimate of drug-likeness (QED) is 0.847. The average molecular weight is 300 g/mol. The van der Waals surface area contributed by atoms with Crippen LogP contribution in [0.25, 0.3) is 0 Å². The van der Waals surface area contributed by atoms with E-state index >= 15 is 0 Å². The third kappa shape index (κ3) is 4.13. The summed E-state index contributed by atoms with van der Waals surface area (Å²) >= 11 is 0. The van der Waals surface area contributed by atoms with Crippen LogP contribution < -0.4 is 10.2 Å². The topological polar surface area (TPSA) is 15.3 Å². The van der Waals surface area contributed by atoms with Crippen LogP contribution in [-0.2, 0) is 12.7 Å². The van der Waals surface area contributed by atoms with Gasteiger partial charge in [0.05, 0.1) is 5.56 Å². The molecule has 0 spiro atoms. The summed E-state index contributed by atoms with van der Waals surface area (Å²) in [6.07, 6.45) is -1.27. The molecule has 0 aliphatic heterocycles. The van der Waals surface area contributed by atoms with Gasteiger partial charge in [-0.1, -0.05) is 13.0 Å². The summed E-state index contributed by atoms with van der Waals surface area (Å²) in [5, 5.41) is 3.25. The number of halogens is 3. The van der Waals surface area contributed by atoms with E-state index in [1.165, 1.54) is 6.07 Å². The lowest BCUT2D eigenvalue weighted by molar-refractivity contribution is -0.137. The van der Waals surface area contributed by atoms with E-state index in [-0.39, 0.29) is 11.7 Å². The van der Waals surface area contributed by atoms with Crippen molar-refractivity contribution in [3.63, 3.8) is 0 Å². The molecule has 118 valence electrons. The molecule has 1 aromatic carbocycles. The molecule has 21 heavy (non-hydrogen) atoms. The summed E-state index contributed by atoms with van der Waals surface area (Å²) in [6.45, 7) is 4.41. The van der Waals surface area contributed by atoms with Crippen LogP contribution in [-0.4, -0.2) is 19.1 Å².